The highest BCUT2D eigenvalue weighted by atomic mass is 32.1. The summed E-state index contributed by atoms with van der Waals surface area (Å²) in [6.45, 7) is 4.45. The fraction of sp³-hybridized carbons (Fsp3) is 0.107. The SMILES string of the molecule is CC(C)c1ccnc(-c2cc(-c3ccccc3)c3cc(-c4ccccc4)sc3c2)c1. The zero-order chi connectivity index (χ0) is 20.5. The lowest BCUT2D eigenvalue weighted by Gasteiger charge is -2.10. The van der Waals surface area contributed by atoms with Gasteiger partial charge in [0.25, 0.3) is 0 Å². The quantitative estimate of drug-likeness (QED) is 0.292. The first-order valence-corrected chi connectivity index (χ1v) is 11.2. The minimum atomic E-state index is 0.482. The van der Waals surface area contributed by atoms with Crippen LogP contribution in [-0.2, 0) is 0 Å². The van der Waals surface area contributed by atoms with Gasteiger partial charge in [-0.25, -0.2) is 0 Å². The van der Waals surface area contributed by atoms with Gasteiger partial charge in [0.15, 0.2) is 0 Å². The van der Waals surface area contributed by atoms with E-state index < -0.39 is 0 Å². The topological polar surface area (TPSA) is 12.9 Å². The zero-order valence-electron chi connectivity index (χ0n) is 17.2. The summed E-state index contributed by atoms with van der Waals surface area (Å²) < 4.78 is 1.29. The molecule has 3 aromatic carbocycles. The van der Waals surface area contributed by atoms with Crippen LogP contribution in [0, 0.1) is 0 Å². The van der Waals surface area contributed by atoms with Crippen molar-refractivity contribution in [3.8, 4) is 32.8 Å². The van der Waals surface area contributed by atoms with Crippen LogP contribution in [0.1, 0.15) is 25.3 Å². The average molecular weight is 406 g/mol. The maximum atomic E-state index is 4.70. The highest BCUT2D eigenvalue weighted by Gasteiger charge is 2.13. The molecule has 0 N–H and O–H groups in total. The monoisotopic (exact) mass is 405 g/mol. The molecular formula is C28H23NS. The predicted octanol–water partition coefficient (Wildman–Crippen LogP) is 8.42. The van der Waals surface area contributed by atoms with Crippen LogP contribution < -0.4 is 0 Å². The van der Waals surface area contributed by atoms with Crippen molar-refractivity contribution < 1.29 is 0 Å². The molecule has 0 saturated carbocycles. The summed E-state index contributed by atoms with van der Waals surface area (Å²) in [6, 6.07) is 32.6. The van der Waals surface area contributed by atoms with Crippen LogP contribution in [0.5, 0.6) is 0 Å². The molecule has 0 aliphatic heterocycles. The van der Waals surface area contributed by atoms with E-state index >= 15 is 0 Å². The van der Waals surface area contributed by atoms with Crippen molar-refractivity contribution in [1.29, 1.82) is 0 Å². The number of pyridine rings is 1. The number of fused-ring (bicyclic) bond motifs is 1. The van der Waals surface area contributed by atoms with Gasteiger partial charge in [-0.05, 0) is 58.5 Å². The van der Waals surface area contributed by atoms with E-state index in [0.29, 0.717) is 5.92 Å². The van der Waals surface area contributed by atoms with E-state index in [9.17, 15) is 0 Å². The summed E-state index contributed by atoms with van der Waals surface area (Å²) in [6.07, 6.45) is 1.93. The molecule has 2 aromatic heterocycles. The third kappa shape index (κ3) is 3.55. The smallest absolute Gasteiger partial charge is 0.0705 e. The molecule has 0 aliphatic rings. The lowest BCUT2D eigenvalue weighted by Crippen LogP contribution is -1.91. The summed E-state index contributed by atoms with van der Waals surface area (Å²) in [5.41, 5.74) is 7.29. The molecule has 2 heterocycles. The molecule has 0 bridgehead atoms. The van der Waals surface area contributed by atoms with Gasteiger partial charge < -0.3 is 0 Å². The van der Waals surface area contributed by atoms with E-state index in [1.807, 2.05) is 17.5 Å². The average Bonchev–Trinajstić information content (AvgIpc) is 3.24. The van der Waals surface area contributed by atoms with Gasteiger partial charge >= 0.3 is 0 Å². The van der Waals surface area contributed by atoms with Gasteiger partial charge in [-0.2, -0.15) is 0 Å². The molecule has 0 amide bonds. The Morgan fingerprint density at radius 2 is 1.40 bits per heavy atom. The minimum absolute atomic E-state index is 0.482. The lowest BCUT2D eigenvalue weighted by atomic mass is 9.96. The molecular weight excluding hydrogens is 382 g/mol. The van der Waals surface area contributed by atoms with Crippen molar-refractivity contribution in [2.45, 2.75) is 19.8 Å². The first-order chi connectivity index (χ1) is 14.7. The normalized spacial score (nSPS) is 11.3. The number of hydrogen-bond donors (Lipinski definition) is 0. The van der Waals surface area contributed by atoms with Crippen molar-refractivity contribution in [3.05, 3.63) is 103 Å². The van der Waals surface area contributed by atoms with E-state index in [1.54, 1.807) is 0 Å². The molecule has 146 valence electrons. The largest absolute Gasteiger partial charge is 0.256 e. The van der Waals surface area contributed by atoms with Crippen LogP contribution in [0.3, 0.4) is 0 Å². The maximum absolute atomic E-state index is 4.70. The number of aromatic nitrogens is 1. The minimum Gasteiger partial charge on any atom is -0.256 e. The third-order valence-electron chi connectivity index (χ3n) is 5.53. The number of thiophene rings is 1. The lowest BCUT2D eigenvalue weighted by molar-refractivity contribution is 0.864. The van der Waals surface area contributed by atoms with Crippen LogP contribution in [0.2, 0.25) is 0 Å². The van der Waals surface area contributed by atoms with Gasteiger partial charge in [0.1, 0.15) is 0 Å². The van der Waals surface area contributed by atoms with Crippen LogP contribution in [0.4, 0.5) is 0 Å². The molecule has 0 radical (unpaired) electrons. The highest BCUT2D eigenvalue weighted by Crippen LogP contribution is 2.41. The fourth-order valence-corrected chi connectivity index (χ4v) is 4.98. The Kier molecular flexibility index (Phi) is 4.94. The Balaban J connectivity index is 1.74. The first-order valence-electron chi connectivity index (χ1n) is 10.3. The van der Waals surface area contributed by atoms with Gasteiger partial charge in [0, 0.05) is 26.7 Å². The molecule has 5 rings (SSSR count). The van der Waals surface area contributed by atoms with Crippen molar-refractivity contribution in [1.82, 2.24) is 4.98 Å². The summed E-state index contributed by atoms with van der Waals surface area (Å²) in [7, 11) is 0. The molecule has 0 unspecified atom stereocenters. The molecule has 1 nitrogen and oxygen atoms in total. The van der Waals surface area contributed by atoms with Crippen molar-refractivity contribution in [3.63, 3.8) is 0 Å². The molecule has 5 aromatic rings. The van der Waals surface area contributed by atoms with Gasteiger partial charge in [-0.1, -0.05) is 74.5 Å². The standard InChI is InChI=1S/C28H23NS/c1-19(2)22-13-14-29-26(16-22)23-15-24(20-9-5-3-6-10-20)25-18-27(30-28(25)17-23)21-11-7-4-8-12-21/h3-19H,1-2H3. The molecule has 0 spiro atoms. The van der Waals surface area contributed by atoms with E-state index in [-0.39, 0.29) is 0 Å². The van der Waals surface area contributed by atoms with Crippen LogP contribution in [0.15, 0.2) is 97.2 Å². The maximum Gasteiger partial charge on any atom is 0.0705 e. The van der Waals surface area contributed by atoms with E-state index in [1.165, 1.54) is 42.8 Å². The summed E-state index contributed by atoms with van der Waals surface area (Å²) >= 11 is 1.85. The van der Waals surface area contributed by atoms with Gasteiger partial charge in [0.05, 0.1) is 5.69 Å². The molecule has 0 saturated heterocycles. The van der Waals surface area contributed by atoms with Crippen molar-refractivity contribution in [2.24, 2.45) is 0 Å². The Morgan fingerprint density at radius 1 is 0.700 bits per heavy atom. The second-order valence-corrected chi connectivity index (χ2v) is 8.99. The molecule has 2 heteroatoms. The Hall–Kier alpha value is -3.23. The summed E-state index contributed by atoms with van der Waals surface area (Å²) in [5, 5.41) is 1.30. The second kappa shape index (κ2) is 7.89. The van der Waals surface area contributed by atoms with Crippen LogP contribution in [0.25, 0.3) is 42.9 Å². The number of hydrogen-bond acceptors (Lipinski definition) is 2. The fourth-order valence-electron chi connectivity index (χ4n) is 3.85. The Bertz CT molecular complexity index is 1300. The predicted molar refractivity (Wildman–Crippen MR) is 130 cm³/mol. The number of nitrogens with zero attached hydrogens (tertiary/aromatic N) is 1. The molecule has 0 atom stereocenters. The summed E-state index contributed by atoms with van der Waals surface area (Å²) in [5.74, 6) is 0.482. The molecule has 0 fully saturated rings. The van der Waals surface area contributed by atoms with Gasteiger partial charge in [0.2, 0.25) is 0 Å². The van der Waals surface area contributed by atoms with Gasteiger partial charge in [-0.3, -0.25) is 4.98 Å². The Labute approximate surface area is 181 Å². The number of rotatable bonds is 4. The van der Waals surface area contributed by atoms with Crippen molar-refractivity contribution >= 4 is 21.4 Å². The highest BCUT2D eigenvalue weighted by molar-refractivity contribution is 7.22. The summed E-state index contributed by atoms with van der Waals surface area (Å²) in [4.78, 5) is 6.00. The van der Waals surface area contributed by atoms with E-state index in [0.717, 1.165) is 5.69 Å². The van der Waals surface area contributed by atoms with Gasteiger partial charge in [-0.15, -0.1) is 11.3 Å². The molecule has 0 aliphatic carbocycles. The number of benzene rings is 3. The van der Waals surface area contributed by atoms with E-state index in [2.05, 4.69) is 105 Å². The first kappa shape index (κ1) is 18.8. The Morgan fingerprint density at radius 3 is 2.10 bits per heavy atom. The molecule has 30 heavy (non-hydrogen) atoms. The second-order valence-electron chi connectivity index (χ2n) is 7.91. The zero-order valence-corrected chi connectivity index (χ0v) is 18.0. The van der Waals surface area contributed by atoms with Crippen LogP contribution >= 0.6 is 11.3 Å². The van der Waals surface area contributed by atoms with Crippen LogP contribution in [-0.4, -0.2) is 4.98 Å². The van der Waals surface area contributed by atoms with E-state index in [4.69, 9.17) is 4.98 Å². The third-order valence-corrected chi connectivity index (χ3v) is 6.66. The van der Waals surface area contributed by atoms with Crippen molar-refractivity contribution in [2.75, 3.05) is 0 Å².